The van der Waals surface area contributed by atoms with Gasteiger partial charge in [0.2, 0.25) is 0 Å². The van der Waals surface area contributed by atoms with Crippen LogP contribution in [0.15, 0.2) is 34.2 Å². The molecule has 0 saturated carbocycles. The Labute approximate surface area is 113 Å². The lowest BCUT2D eigenvalue weighted by atomic mass is 10.1. The number of aliphatic hydroxyl groups excluding tert-OH is 1. The number of H-pyrrole nitrogens is 1. The van der Waals surface area contributed by atoms with Crippen LogP contribution in [0.4, 0.5) is 0 Å². The maximum absolute atomic E-state index is 11.8. The molecule has 5 nitrogen and oxygen atoms in total. The Balaban J connectivity index is 2.62. The number of aliphatic hydroxyl groups is 1. The lowest BCUT2D eigenvalue weighted by Gasteiger charge is -2.05. The minimum atomic E-state index is -0.442. The zero-order chi connectivity index (χ0) is 13.8. The van der Waals surface area contributed by atoms with Gasteiger partial charge in [0.15, 0.2) is 5.16 Å². The number of aromatic nitrogens is 2. The average molecular weight is 273 g/mol. The van der Waals surface area contributed by atoms with E-state index in [1.54, 1.807) is 30.5 Å². The molecule has 1 heterocycles. The highest BCUT2D eigenvalue weighted by molar-refractivity contribution is 7.98. The van der Waals surface area contributed by atoms with E-state index in [1.807, 2.05) is 6.07 Å². The Morgan fingerprint density at radius 3 is 2.63 bits per heavy atom. The summed E-state index contributed by atoms with van der Waals surface area (Å²) in [6.45, 7) is -0.0513. The van der Waals surface area contributed by atoms with Crippen molar-refractivity contribution in [3.63, 3.8) is 0 Å². The normalized spacial score (nSPS) is 10.2. The van der Waals surface area contributed by atoms with E-state index in [2.05, 4.69) is 9.97 Å². The van der Waals surface area contributed by atoms with Crippen LogP contribution in [0.1, 0.15) is 11.1 Å². The van der Waals surface area contributed by atoms with Gasteiger partial charge >= 0.3 is 0 Å². The Morgan fingerprint density at radius 1 is 1.42 bits per heavy atom. The molecule has 1 aromatic carbocycles. The third kappa shape index (κ3) is 2.67. The van der Waals surface area contributed by atoms with E-state index in [0.717, 1.165) is 5.56 Å². The molecule has 0 bridgehead atoms. The molecule has 2 rings (SSSR count). The van der Waals surface area contributed by atoms with E-state index in [4.69, 9.17) is 10.4 Å². The van der Waals surface area contributed by atoms with Crippen LogP contribution in [0.25, 0.3) is 11.3 Å². The number of benzene rings is 1. The van der Waals surface area contributed by atoms with E-state index in [0.29, 0.717) is 16.4 Å². The first-order valence-corrected chi connectivity index (χ1v) is 6.70. The van der Waals surface area contributed by atoms with Crippen molar-refractivity contribution < 1.29 is 5.11 Å². The highest BCUT2D eigenvalue weighted by Gasteiger charge is 2.12. The molecule has 0 radical (unpaired) electrons. The molecule has 0 atom stereocenters. The number of nitrogens with zero attached hydrogens (tertiary/aromatic N) is 2. The molecule has 0 aliphatic rings. The number of nitriles is 1. The Bertz CT molecular complexity index is 687. The van der Waals surface area contributed by atoms with Crippen LogP contribution in [0.3, 0.4) is 0 Å². The lowest BCUT2D eigenvalue weighted by molar-refractivity contribution is 0.282. The molecule has 0 aliphatic heterocycles. The molecule has 0 spiro atoms. The summed E-state index contributed by atoms with van der Waals surface area (Å²) in [5, 5.41) is 18.5. The van der Waals surface area contributed by atoms with Crippen LogP contribution in [0, 0.1) is 11.3 Å². The summed E-state index contributed by atoms with van der Waals surface area (Å²) in [6, 6.07) is 8.81. The molecular formula is C13H11N3O2S. The summed E-state index contributed by atoms with van der Waals surface area (Å²) in [7, 11) is 0. The van der Waals surface area contributed by atoms with Gasteiger partial charge in [-0.3, -0.25) is 4.79 Å². The van der Waals surface area contributed by atoms with E-state index in [-0.39, 0.29) is 12.2 Å². The largest absolute Gasteiger partial charge is 0.392 e. The first kappa shape index (κ1) is 13.3. The Morgan fingerprint density at radius 2 is 2.11 bits per heavy atom. The number of rotatable bonds is 3. The van der Waals surface area contributed by atoms with Gasteiger partial charge < -0.3 is 10.1 Å². The fraction of sp³-hybridized carbons (Fsp3) is 0.154. The molecular weight excluding hydrogens is 262 g/mol. The van der Waals surface area contributed by atoms with Crippen molar-refractivity contribution in [2.45, 2.75) is 11.8 Å². The molecule has 2 aromatic rings. The summed E-state index contributed by atoms with van der Waals surface area (Å²) >= 11 is 1.30. The first-order valence-electron chi connectivity index (χ1n) is 5.48. The lowest BCUT2D eigenvalue weighted by Crippen LogP contribution is -2.14. The molecule has 96 valence electrons. The Kier molecular flexibility index (Phi) is 4.00. The second-order valence-electron chi connectivity index (χ2n) is 3.77. The van der Waals surface area contributed by atoms with Crippen LogP contribution < -0.4 is 5.56 Å². The third-order valence-corrected chi connectivity index (χ3v) is 3.19. The SMILES string of the molecule is CSc1nc(-c2ccc(CO)cc2)c(C#N)c(=O)[nH]1. The van der Waals surface area contributed by atoms with Gasteiger partial charge in [-0.15, -0.1) is 0 Å². The average Bonchev–Trinajstić information content (AvgIpc) is 2.46. The number of aromatic amines is 1. The van der Waals surface area contributed by atoms with Gasteiger partial charge in [0, 0.05) is 5.56 Å². The topological polar surface area (TPSA) is 89.8 Å². The van der Waals surface area contributed by atoms with Crippen molar-refractivity contribution in [1.82, 2.24) is 9.97 Å². The first-order chi connectivity index (χ1) is 9.19. The summed E-state index contributed by atoms with van der Waals surface area (Å²) in [5.74, 6) is 0. The highest BCUT2D eigenvalue weighted by Crippen LogP contribution is 2.21. The van der Waals surface area contributed by atoms with Gasteiger partial charge in [-0.1, -0.05) is 36.0 Å². The van der Waals surface area contributed by atoms with Crippen molar-refractivity contribution >= 4 is 11.8 Å². The smallest absolute Gasteiger partial charge is 0.270 e. The van der Waals surface area contributed by atoms with Crippen LogP contribution in [0.2, 0.25) is 0 Å². The fourth-order valence-electron chi connectivity index (χ4n) is 1.63. The monoisotopic (exact) mass is 273 g/mol. The molecule has 6 heteroatoms. The number of hydrogen-bond donors (Lipinski definition) is 2. The summed E-state index contributed by atoms with van der Waals surface area (Å²) in [4.78, 5) is 18.6. The minimum Gasteiger partial charge on any atom is -0.392 e. The molecule has 0 amide bonds. The summed E-state index contributed by atoms with van der Waals surface area (Å²) in [6.07, 6.45) is 1.79. The summed E-state index contributed by atoms with van der Waals surface area (Å²) < 4.78 is 0. The van der Waals surface area contributed by atoms with Gasteiger partial charge in [-0.2, -0.15) is 5.26 Å². The van der Waals surface area contributed by atoms with Crippen molar-refractivity contribution in [3.8, 4) is 17.3 Å². The number of hydrogen-bond acceptors (Lipinski definition) is 5. The molecule has 0 fully saturated rings. The van der Waals surface area contributed by atoms with Crippen molar-refractivity contribution in [1.29, 1.82) is 5.26 Å². The molecule has 0 saturated heterocycles. The quantitative estimate of drug-likeness (QED) is 0.653. The fourth-order valence-corrected chi connectivity index (χ4v) is 2.01. The molecule has 19 heavy (non-hydrogen) atoms. The van der Waals surface area contributed by atoms with Crippen LogP contribution in [-0.4, -0.2) is 21.3 Å². The van der Waals surface area contributed by atoms with Crippen LogP contribution >= 0.6 is 11.8 Å². The maximum atomic E-state index is 11.8. The predicted molar refractivity (Wildman–Crippen MR) is 72.7 cm³/mol. The molecule has 2 N–H and O–H groups in total. The van der Waals surface area contributed by atoms with E-state index < -0.39 is 5.56 Å². The molecule has 0 aliphatic carbocycles. The van der Waals surface area contributed by atoms with Gasteiger partial charge in [-0.25, -0.2) is 4.98 Å². The van der Waals surface area contributed by atoms with Crippen LogP contribution in [0.5, 0.6) is 0 Å². The van der Waals surface area contributed by atoms with Gasteiger partial charge in [-0.05, 0) is 11.8 Å². The predicted octanol–water partition coefficient (Wildman–Crippen LogP) is 1.52. The zero-order valence-electron chi connectivity index (χ0n) is 10.2. The van der Waals surface area contributed by atoms with Crippen LogP contribution in [-0.2, 0) is 6.61 Å². The molecule has 1 aromatic heterocycles. The van der Waals surface area contributed by atoms with E-state index >= 15 is 0 Å². The number of thioether (sulfide) groups is 1. The minimum absolute atomic E-state index is 0.00505. The highest BCUT2D eigenvalue weighted by atomic mass is 32.2. The molecule has 0 unspecified atom stereocenters. The Hall–Kier alpha value is -2.10. The summed E-state index contributed by atoms with van der Waals surface area (Å²) in [5.41, 5.74) is 1.35. The van der Waals surface area contributed by atoms with E-state index in [1.165, 1.54) is 11.8 Å². The maximum Gasteiger partial charge on any atom is 0.270 e. The van der Waals surface area contributed by atoms with Gasteiger partial charge in [0.1, 0.15) is 11.6 Å². The zero-order valence-corrected chi connectivity index (χ0v) is 11.0. The van der Waals surface area contributed by atoms with Gasteiger partial charge in [0.25, 0.3) is 5.56 Å². The second-order valence-corrected chi connectivity index (χ2v) is 4.56. The van der Waals surface area contributed by atoms with Gasteiger partial charge in [0.05, 0.1) is 12.3 Å². The van der Waals surface area contributed by atoms with Crippen molar-refractivity contribution in [3.05, 3.63) is 45.7 Å². The second kappa shape index (κ2) is 5.69. The van der Waals surface area contributed by atoms with Crippen molar-refractivity contribution in [2.75, 3.05) is 6.26 Å². The van der Waals surface area contributed by atoms with Crippen molar-refractivity contribution in [2.24, 2.45) is 0 Å². The van der Waals surface area contributed by atoms with E-state index in [9.17, 15) is 4.79 Å². The number of nitrogens with one attached hydrogen (secondary N) is 1. The third-order valence-electron chi connectivity index (χ3n) is 2.61. The standard InChI is InChI=1S/C13H11N3O2S/c1-19-13-15-11(10(6-14)12(18)16-13)9-4-2-8(7-17)3-5-9/h2-5,17H,7H2,1H3,(H,15,16,18).